The third-order valence-electron chi connectivity index (χ3n) is 4.10. The number of carbonyl (C=O) groups is 1. The Bertz CT molecular complexity index is 906. The average molecular weight is 344 g/mol. The van der Waals surface area contributed by atoms with Crippen molar-refractivity contribution >= 4 is 44.9 Å². The van der Waals surface area contributed by atoms with Gasteiger partial charge in [0.25, 0.3) is 5.91 Å². The van der Waals surface area contributed by atoms with E-state index in [1.54, 1.807) is 35.6 Å². The smallest absolute Gasteiger partial charge is 0.258 e. The number of nitrogens with one attached hydrogen (secondary N) is 1. The van der Waals surface area contributed by atoms with Crippen molar-refractivity contribution in [1.29, 1.82) is 0 Å². The number of halogens is 1. The molecular weight excluding hydrogens is 330 g/mol. The van der Waals surface area contributed by atoms with Crippen molar-refractivity contribution in [2.24, 2.45) is 0 Å². The van der Waals surface area contributed by atoms with Crippen molar-refractivity contribution in [2.75, 3.05) is 5.32 Å². The molecule has 23 heavy (non-hydrogen) atoms. The van der Waals surface area contributed by atoms with Gasteiger partial charge in [0.05, 0.1) is 16.0 Å². The van der Waals surface area contributed by atoms with E-state index in [0.717, 1.165) is 23.1 Å². The van der Waals surface area contributed by atoms with E-state index in [1.807, 2.05) is 0 Å². The molecule has 2 heterocycles. The summed E-state index contributed by atoms with van der Waals surface area (Å²) in [6.07, 6.45) is 6.01. The van der Waals surface area contributed by atoms with Crippen LogP contribution in [0.4, 0.5) is 5.82 Å². The van der Waals surface area contributed by atoms with Crippen molar-refractivity contribution in [3.8, 4) is 0 Å². The molecule has 1 aliphatic carbocycles. The Balaban J connectivity index is 1.76. The van der Waals surface area contributed by atoms with E-state index < -0.39 is 0 Å². The summed E-state index contributed by atoms with van der Waals surface area (Å²) in [4.78, 5) is 23.5. The van der Waals surface area contributed by atoms with E-state index in [4.69, 9.17) is 11.6 Å². The lowest BCUT2D eigenvalue weighted by molar-refractivity contribution is 0.102. The van der Waals surface area contributed by atoms with Crippen LogP contribution in [0.15, 0.2) is 30.6 Å². The third kappa shape index (κ3) is 2.60. The zero-order valence-electron chi connectivity index (χ0n) is 12.3. The molecule has 4 rings (SSSR count). The van der Waals surface area contributed by atoms with Crippen molar-refractivity contribution in [3.63, 3.8) is 0 Å². The standard InChI is InChI=1S/C17H14ClN3OS/c18-12-7-3-1-5-10(12)16(22)21-15-14-11-6-2-4-8-13(11)23-17(14)20-9-19-15/h1,3,5,7,9H,2,4,6,8H2,(H,19,20,21,22). The van der Waals surface area contributed by atoms with Gasteiger partial charge in [-0.3, -0.25) is 4.79 Å². The van der Waals surface area contributed by atoms with Crippen LogP contribution < -0.4 is 5.32 Å². The molecule has 0 bridgehead atoms. The number of amides is 1. The predicted molar refractivity (Wildman–Crippen MR) is 93.5 cm³/mol. The summed E-state index contributed by atoms with van der Waals surface area (Å²) in [5.41, 5.74) is 1.75. The molecule has 0 saturated carbocycles. The van der Waals surface area contributed by atoms with Gasteiger partial charge in [0.2, 0.25) is 0 Å². The number of carbonyl (C=O) groups excluding carboxylic acids is 1. The van der Waals surface area contributed by atoms with Gasteiger partial charge in [-0.25, -0.2) is 9.97 Å². The molecule has 2 aromatic heterocycles. The fourth-order valence-electron chi connectivity index (χ4n) is 3.01. The Hall–Kier alpha value is -1.98. The first-order chi connectivity index (χ1) is 11.2. The fourth-order valence-corrected chi connectivity index (χ4v) is 4.46. The number of fused-ring (bicyclic) bond motifs is 3. The number of nitrogens with zero attached hydrogens (tertiary/aromatic N) is 2. The lowest BCUT2D eigenvalue weighted by Gasteiger charge is -2.12. The maximum Gasteiger partial charge on any atom is 0.258 e. The topological polar surface area (TPSA) is 54.9 Å². The zero-order valence-corrected chi connectivity index (χ0v) is 13.9. The summed E-state index contributed by atoms with van der Waals surface area (Å²) in [5.74, 6) is 0.339. The molecule has 0 aliphatic heterocycles. The first-order valence-corrected chi connectivity index (χ1v) is 8.74. The number of aromatic nitrogens is 2. The van der Waals surface area contributed by atoms with Crippen molar-refractivity contribution in [1.82, 2.24) is 9.97 Å². The monoisotopic (exact) mass is 343 g/mol. The molecule has 0 saturated heterocycles. The minimum atomic E-state index is -0.244. The van der Waals surface area contributed by atoms with E-state index >= 15 is 0 Å². The van der Waals surface area contributed by atoms with Crippen molar-refractivity contribution in [2.45, 2.75) is 25.7 Å². The van der Waals surface area contributed by atoms with E-state index in [1.165, 1.54) is 29.6 Å². The maximum atomic E-state index is 12.5. The molecule has 0 fully saturated rings. The number of benzene rings is 1. The van der Waals surface area contributed by atoms with E-state index in [0.29, 0.717) is 16.4 Å². The molecule has 116 valence electrons. The molecule has 0 unspecified atom stereocenters. The zero-order chi connectivity index (χ0) is 15.8. The molecule has 1 aliphatic rings. The van der Waals surface area contributed by atoms with Crippen LogP contribution in [-0.2, 0) is 12.8 Å². The Labute approximate surface area is 142 Å². The highest BCUT2D eigenvalue weighted by molar-refractivity contribution is 7.19. The first-order valence-electron chi connectivity index (χ1n) is 7.55. The summed E-state index contributed by atoms with van der Waals surface area (Å²) in [6, 6.07) is 7.01. The number of hydrogen-bond donors (Lipinski definition) is 1. The predicted octanol–water partition coefficient (Wildman–Crippen LogP) is 4.48. The van der Waals surface area contributed by atoms with E-state index in [-0.39, 0.29) is 5.91 Å². The average Bonchev–Trinajstić information content (AvgIpc) is 2.94. The lowest BCUT2D eigenvalue weighted by Crippen LogP contribution is -2.14. The number of thiophene rings is 1. The summed E-state index contributed by atoms with van der Waals surface area (Å²) in [7, 11) is 0. The normalized spacial score (nSPS) is 13.8. The molecule has 1 aromatic carbocycles. The van der Waals surface area contributed by atoms with Gasteiger partial charge in [0.1, 0.15) is 17.0 Å². The highest BCUT2D eigenvalue weighted by Crippen LogP contribution is 2.38. The molecule has 1 amide bonds. The molecular formula is C17H14ClN3OS. The summed E-state index contributed by atoms with van der Waals surface area (Å²) in [6.45, 7) is 0. The van der Waals surface area contributed by atoms with Gasteiger partial charge in [-0.15, -0.1) is 11.3 Å². The van der Waals surface area contributed by atoms with Gasteiger partial charge in [-0.05, 0) is 43.4 Å². The van der Waals surface area contributed by atoms with E-state index in [2.05, 4.69) is 15.3 Å². The number of hydrogen-bond acceptors (Lipinski definition) is 4. The van der Waals surface area contributed by atoms with Crippen LogP contribution in [0.2, 0.25) is 5.02 Å². The Morgan fingerprint density at radius 2 is 2.00 bits per heavy atom. The van der Waals surface area contributed by atoms with Gasteiger partial charge in [-0.2, -0.15) is 0 Å². The Morgan fingerprint density at radius 3 is 2.87 bits per heavy atom. The second-order valence-corrected chi connectivity index (χ2v) is 7.04. The van der Waals surface area contributed by atoms with Gasteiger partial charge in [-0.1, -0.05) is 23.7 Å². The van der Waals surface area contributed by atoms with Crippen molar-refractivity contribution in [3.05, 3.63) is 51.6 Å². The maximum absolute atomic E-state index is 12.5. The minimum absolute atomic E-state index is 0.244. The largest absolute Gasteiger partial charge is 0.306 e. The van der Waals surface area contributed by atoms with Crippen LogP contribution in [0.5, 0.6) is 0 Å². The molecule has 4 nitrogen and oxygen atoms in total. The van der Waals surface area contributed by atoms with Crippen LogP contribution in [-0.4, -0.2) is 15.9 Å². The van der Waals surface area contributed by atoms with Crippen LogP contribution >= 0.6 is 22.9 Å². The molecule has 1 N–H and O–H groups in total. The molecule has 0 radical (unpaired) electrons. The second-order valence-electron chi connectivity index (χ2n) is 5.55. The van der Waals surface area contributed by atoms with Crippen LogP contribution in [0, 0.1) is 0 Å². The quantitative estimate of drug-likeness (QED) is 0.746. The first kappa shape index (κ1) is 14.6. The molecule has 0 atom stereocenters. The van der Waals surface area contributed by atoms with Gasteiger partial charge >= 0.3 is 0 Å². The van der Waals surface area contributed by atoms with Gasteiger partial charge < -0.3 is 5.32 Å². The number of aryl methyl sites for hydroxylation is 2. The molecule has 3 aromatic rings. The fraction of sp³-hybridized carbons (Fsp3) is 0.235. The second kappa shape index (κ2) is 5.91. The van der Waals surface area contributed by atoms with Crippen LogP contribution in [0.25, 0.3) is 10.2 Å². The Kier molecular flexibility index (Phi) is 3.75. The van der Waals surface area contributed by atoms with E-state index in [9.17, 15) is 4.79 Å². The Morgan fingerprint density at radius 1 is 1.17 bits per heavy atom. The van der Waals surface area contributed by atoms with Crippen LogP contribution in [0.3, 0.4) is 0 Å². The van der Waals surface area contributed by atoms with Crippen LogP contribution in [0.1, 0.15) is 33.6 Å². The SMILES string of the molecule is O=C(Nc1ncnc2sc3c(c12)CCCC3)c1ccccc1Cl. The highest BCUT2D eigenvalue weighted by Gasteiger charge is 2.21. The highest BCUT2D eigenvalue weighted by atomic mass is 35.5. The van der Waals surface area contributed by atoms with Crippen molar-refractivity contribution < 1.29 is 4.79 Å². The number of anilines is 1. The summed E-state index contributed by atoms with van der Waals surface area (Å²) in [5, 5.41) is 4.34. The molecule has 6 heteroatoms. The summed E-state index contributed by atoms with van der Waals surface area (Å²) >= 11 is 7.82. The third-order valence-corrected chi connectivity index (χ3v) is 5.63. The van der Waals surface area contributed by atoms with Gasteiger partial charge in [0, 0.05) is 4.88 Å². The number of rotatable bonds is 2. The van der Waals surface area contributed by atoms with Gasteiger partial charge in [0.15, 0.2) is 0 Å². The summed E-state index contributed by atoms with van der Waals surface area (Å²) < 4.78 is 0. The molecule has 0 spiro atoms. The lowest BCUT2D eigenvalue weighted by atomic mass is 9.97. The minimum Gasteiger partial charge on any atom is -0.306 e.